The Morgan fingerprint density at radius 2 is 1.87 bits per heavy atom. The van der Waals surface area contributed by atoms with Crippen LogP contribution in [0.2, 0.25) is 0 Å². The van der Waals surface area contributed by atoms with Gasteiger partial charge in [-0.15, -0.1) is 0 Å². The van der Waals surface area contributed by atoms with Crippen LogP contribution in [0.5, 0.6) is 0 Å². The summed E-state index contributed by atoms with van der Waals surface area (Å²) in [6.45, 7) is 10.1. The topological polar surface area (TPSA) is 90.9 Å². The number of esters is 1. The highest BCUT2D eigenvalue weighted by Crippen LogP contribution is 2.34. The number of amides is 1. The average molecular weight is 526 g/mol. The molecule has 1 unspecified atom stereocenters. The first-order chi connectivity index (χ1) is 18.0. The maximum atomic E-state index is 13.4. The maximum Gasteiger partial charge on any atom is 0.410 e. The van der Waals surface area contributed by atoms with Crippen LogP contribution in [0.15, 0.2) is 48.3 Å². The van der Waals surface area contributed by atoms with Crippen molar-refractivity contribution >= 4 is 17.6 Å². The second-order valence-corrected chi connectivity index (χ2v) is 9.91. The third-order valence-corrected chi connectivity index (χ3v) is 5.91. The standard InChI is InChI=1S/C29H36FN3O5/c1-7-33(28(35)38-29(3,4)5)18-21-15-20(27-31-16-22(30)17-32-27)10-11-23(21)24-13-19(9-12-25(24)36-6)14-26(34)37-8-2/h9-11,13,15-17,25H,7-8,12,14,18H2,1-6H3. The largest absolute Gasteiger partial charge is 0.466 e. The third kappa shape index (κ3) is 7.71. The molecule has 0 N–H and O–H groups in total. The predicted octanol–water partition coefficient (Wildman–Crippen LogP) is 5.72. The van der Waals surface area contributed by atoms with Gasteiger partial charge in [0.15, 0.2) is 11.6 Å². The van der Waals surface area contributed by atoms with Crippen LogP contribution in [0.4, 0.5) is 9.18 Å². The number of aromatic nitrogens is 2. The molecule has 1 atom stereocenters. The molecule has 38 heavy (non-hydrogen) atoms. The number of rotatable bonds is 9. The first kappa shape index (κ1) is 29.0. The molecule has 1 amide bonds. The van der Waals surface area contributed by atoms with Gasteiger partial charge >= 0.3 is 12.1 Å². The Hall–Kier alpha value is -3.59. The third-order valence-electron chi connectivity index (χ3n) is 5.91. The van der Waals surface area contributed by atoms with Gasteiger partial charge < -0.3 is 19.1 Å². The van der Waals surface area contributed by atoms with E-state index >= 15 is 0 Å². The number of methoxy groups -OCH3 is 1. The summed E-state index contributed by atoms with van der Waals surface area (Å²) in [6.07, 6.45) is 6.23. The number of allylic oxidation sites excluding steroid dienone is 1. The van der Waals surface area contributed by atoms with Crippen LogP contribution in [0.3, 0.4) is 0 Å². The monoisotopic (exact) mass is 525 g/mol. The molecule has 8 nitrogen and oxygen atoms in total. The Morgan fingerprint density at radius 1 is 1.16 bits per heavy atom. The van der Waals surface area contributed by atoms with Crippen molar-refractivity contribution in [2.75, 3.05) is 20.3 Å². The predicted molar refractivity (Wildman–Crippen MR) is 142 cm³/mol. The molecule has 0 saturated heterocycles. The summed E-state index contributed by atoms with van der Waals surface area (Å²) in [7, 11) is 1.64. The fourth-order valence-corrected chi connectivity index (χ4v) is 4.16. The van der Waals surface area contributed by atoms with Crippen molar-refractivity contribution in [2.45, 2.75) is 65.7 Å². The molecule has 3 rings (SSSR count). The summed E-state index contributed by atoms with van der Waals surface area (Å²) in [6, 6.07) is 5.67. The van der Waals surface area contributed by atoms with E-state index in [0.29, 0.717) is 31.0 Å². The molecule has 0 radical (unpaired) electrons. The molecule has 0 fully saturated rings. The number of halogens is 1. The van der Waals surface area contributed by atoms with E-state index in [1.807, 2.05) is 58.0 Å². The number of carbonyl (C=O) groups is 2. The number of hydrogen-bond donors (Lipinski definition) is 0. The van der Waals surface area contributed by atoms with Gasteiger partial charge in [0.05, 0.1) is 31.5 Å². The fourth-order valence-electron chi connectivity index (χ4n) is 4.16. The van der Waals surface area contributed by atoms with Crippen molar-refractivity contribution in [3.05, 3.63) is 65.3 Å². The van der Waals surface area contributed by atoms with E-state index in [9.17, 15) is 14.0 Å². The van der Waals surface area contributed by atoms with Crippen LogP contribution in [0.1, 0.15) is 58.6 Å². The molecule has 1 heterocycles. The molecule has 0 bridgehead atoms. The van der Waals surface area contributed by atoms with Gasteiger partial charge in [0.2, 0.25) is 0 Å². The molecule has 0 spiro atoms. The number of hydrogen-bond acceptors (Lipinski definition) is 7. The number of benzene rings is 1. The Balaban J connectivity index is 2.07. The zero-order chi connectivity index (χ0) is 27.9. The van der Waals surface area contributed by atoms with Gasteiger partial charge in [-0.1, -0.05) is 24.3 Å². The molecule has 1 aliphatic carbocycles. The highest BCUT2D eigenvalue weighted by molar-refractivity contribution is 5.80. The second-order valence-electron chi connectivity index (χ2n) is 9.91. The summed E-state index contributed by atoms with van der Waals surface area (Å²) >= 11 is 0. The van der Waals surface area contributed by atoms with Gasteiger partial charge in [-0.25, -0.2) is 19.2 Å². The van der Waals surface area contributed by atoms with E-state index in [2.05, 4.69) is 9.97 Å². The number of nitrogens with zero attached hydrogens (tertiary/aromatic N) is 3. The molecular weight excluding hydrogens is 489 g/mol. The minimum Gasteiger partial charge on any atom is -0.466 e. The molecule has 9 heteroatoms. The molecule has 204 valence electrons. The lowest BCUT2D eigenvalue weighted by atomic mass is 9.87. The van der Waals surface area contributed by atoms with Gasteiger partial charge in [0, 0.05) is 25.8 Å². The molecule has 2 aromatic rings. The number of ether oxygens (including phenoxy) is 3. The lowest BCUT2D eigenvalue weighted by molar-refractivity contribution is -0.142. The van der Waals surface area contributed by atoms with Crippen molar-refractivity contribution in [3.63, 3.8) is 0 Å². The fraction of sp³-hybridized carbons (Fsp3) is 0.448. The molecule has 1 aliphatic rings. The summed E-state index contributed by atoms with van der Waals surface area (Å²) in [5.74, 6) is -0.455. The highest BCUT2D eigenvalue weighted by atomic mass is 19.1. The van der Waals surface area contributed by atoms with Crippen molar-refractivity contribution in [2.24, 2.45) is 0 Å². The quantitative estimate of drug-likeness (QED) is 0.387. The van der Waals surface area contributed by atoms with E-state index in [4.69, 9.17) is 14.2 Å². The van der Waals surface area contributed by atoms with E-state index in [0.717, 1.165) is 34.7 Å². The van der Waals surface area contributed by atoms with Crippen molar-refractivity contribution in [1.82, 2.24) is 14.9 Å². The van der Waals surface area contributed by atoms with Crippen LogP contribution < -0.4 is 0 Å². The van der Waals surface area contributed by atoms with E-state index in [-0.39, 0.29) is 25.0 Å². The van der Waals surface area contributed by atoms with Gasteiger partial charge in [0.25, 0.3) is 0 Å². The van der Waals surface area contributed by atoms with Gasteiger partial charge in [-0.2, -0.15) is 0 Å². The minimum atomic E-state index is -0.642. The van der Waals surface area contributed by atoms with Crippen LogP contribution >= 0.6 is 0 Å². The first-order valence-electron chi connectivity index (χ1n) is 12.7. The molecule has 0 saturated carbocycles. The van der Waals surface area contributed by atoms with Crippen LogP contribution in [0, 0.1) is 5.82 Å². The SMILES string of the molecule is CCOC(=O)CC1=CCC(OC)C(c2ccc(-c3ncc(F)cn3)cc2CN(CC)C(=O)OC(C)(C)C)=C1. The summed E-state index contributed by atoms with van der Waals surface area (Å²) in [5, 5.41) is 0. The zero-order valence-electron chi connectivity index (χ0n) is 22.9. The molecule has 1 aromatic heterocycles. The minimum absolute atomic E-state index is 0.156. The average Bonchev–Trinajstić information content (AvgIpc) is 2.86. The first-order valence-corrected chi connectivity index (χ1v) is 12.7. The van der Waals surface area contributed by atoms with E-state index in [1.165, 1.54) is 0 Å². The summed E-state index contributed by atoms with van der Waals surface area (Å²) < 4.78 is 30.0. The van der Waals surface area contributed by atoms with Crippen molar-refractivity contribution in [1.29, 1.82) is 0 Å². The maximum absolute atomic E-state index is 13.4. The Morgan fingerprint density at radius 3 is 2.47 bits per heavy atom. The smallest absolute Gasteiger partial charge is 0.410 e. The Kier molecular flexibility index (Phi) is 9.74. The Bertz CT molecular complexity index is 1200. The zero-order valence-corrected chi connectivity index (χ0v) is 22.9. The lowest BCUT2D eigenvalue weighted by Gasteiger charge is -2.29. The summed E-state index contributed by atoms with van der Waals surface area (Å²) in [4.78, 5) is 35.0. The van der Waals surface area contributed by atoms with Crippen LogP contribution in [-0.4, -0.2) is 58.9 Å². The highest BCUT2D eigenvalue weighted by Gasteiger charge is 2.26. The van der Waals surface area contributed by atoms with Gasteiger partial charge in [-0.05, 0) is 69.4 Å². The molecular formula is C29H36FN3O5. The Labute approximate surface area is 223 Å². The van der Waals surface area contributed by atoms with Crippen molar-refractivity contribution in [3.8, 4) is 11.4 Å². The van der Waals surface area contributed by atoms with Crippen LogP contribution in [0.25, 0.3) is 17.0 Å². The lowest BCUT2D eigenvalue weighted by Crippen LogP contribution is -2.36. The van der Waals surface area contributed by atoms with Crippen molar-refractivity contribution < 1.29 is 28.2 Å². The number of carbonyl (C=O) groups excluding carboxylic acids is 2. The van der Waals surface area contributed by atoms with E-state index in [1.54, 1.807) is 18.9 Å². The molecule has 0 aliphatic heterocycles. The van der Waals surface area contributed by atoms with E-state index < -0.39 is 17.5 Å². The summed E-state index contributed by atoms with van der Waals surface area (Å²) in [5.41, 5.74) is 3.43. The normalized spacial score (nSPS) is 15.4. The van der Waals surface area contributed by atoms with Gasteiger partial charge in [-0.3, -0.25) is 4.79 Å². The van der Waals surface area contributed by atoms with Gasteiger partial charge in [0.1, 0.15) is 5.60 Å². The van der Waals surface area contributed by atoms with Crippen LogP contribution in [-0.2, 0) is 25.5 Å². The second kappa shape index (κ2) is 12.8. The molecule has 1 aromatic carbocycles.